The van der Waals surface area contributed by atoms with Gasteiger partial charge in [-0.1, -0.05) is 18.2 Å². The fraction of sp³-hybridized carbons (Fsp3) is 0.158. The summed E-state index contributed by atoms with van der Waals surface area (Å²) < 4.78 is 3.79. The van der Waals surface area contributed by atoms with Gasteiger partial charge in [-0.05, 0) is 44.5 Å². The Kier molecular flexibility index (Phi) is 2.74. The number of benzene rings is 1. The van der Waals surface area contributed by atoms with Gasteiger partial charge in [-0.15, -0.1) is 5.10 Å². The first-order valence-corrected chi connectivity index (χ1v) is 8.20. The van der Waals surface area contributed by atoms with Crippen LogP contribution in [0.3, 0.4) is 0 Å². The van der Waals surface area contributed by atoms with E-state index in [0.717, 1.165) is 50.4 Å². The molecular formula is C19H16N6. The lowest BCUT2D eigenvalue weighted by atomic mass is 10.2. The minimum absolute atomic E-state index is 0.718. The van der Waals surface area contributed by atoms with Crippen LogP contribution >= 0.6 is 0 Å². The number of pyridine rings is 1. The van der Waals surface area contributed by atoms with Gasteiger partial charge >= 0.3 is 0 Å². The Labute approximate surface area is 143 Å². The summed E-state index contributed by atoms with van der Waals surface area (Å²) >= 11 is 0. The predicted octanol–water partition coefficient (Wildman–Crippen LogP) is 3.54. The molecule has 5 rings (SSSR count). The molecule has 6 nitrogen and oxygen atoms in total. The van der Waals surface area contributed by atoms with Crippen molar-refractivity contribution in [1.29, 1.82) is 0 Å². The van der Waals surface area contributed by atoms with Crippen LogP contribution in [0.15, 0.2) is 42.6 Å². The van der Waals surface area contributed by atoms with E-state index < -0.39 is 0 Å². The molecule has 4 heterocycles. The van der Waals surface area contributed by atoms with Crippen LogP contribution in [0.5, 0.6) is 0 Å². The van der Waals surface area contributed by atoms with Crippen molar-refractivity contribution in [2.24, 2.45) is 0 Å². The minimum atomic E-state index is 0.718. The van der Waals surface area contributed by atoms with Gasteiger partial charge in [0.25, 0.3) is 0 Å². The lowest BCUT2D eigenvalue weighted by Crippen LogP contribution is -2.02. The van der Waals surface area contributed by atoms with Gasteiger partial charge in [0, 0.05) is 11.9 Å². The lowest BCUT2D eigenvalue weighted by molar-refractivity contribution is 0.847. The number of aryl methyl sites for hydroxylation is 3. The van der Waals surface area contributed by atoms with E-state index in [4.69, 9.17) is 10.2 Å². The van der Waals surface area contributed by atoms with Gasteiger partial charge in [0.2, 0.25) is 0 Å². The summed E-state index contributed by atoms with van der Waals surface area (Å²) in [5, 5.41) is 11.4. The zero-order valence-corrected chi connectivity index (χ0v) is 14.2. The van der Waals surface area contributed by atoms with Gasteiger partial charge in [0.1, 0.15) is 0 Å². The summed E-state index contributed by atoms with van der Waals surface area (Å²) in [7, 11) is 0. The number of aromatic nitrogens is 6. The fourth-order valence-corrected chi connectivity index (χ4v) is 3.44. The van der Waals surface area contributed by atoms with Gasteiger partial charge < -0.3 is 0 Å². The molecule has 4 aromatic heterocycles. The molecule has 0 unspecified atom stereocenters. The van der Waals surface area contributed by atoms with Crippen LogP contribution in [0.4, 0.5) is 0 Å². The maximum absolute atomic E-state index is 4.75. The van der Waals surface area contributed by atoms with E-state index in [-0.39, 0.29) is 0 Å². The lowest BCUT2D eigenvalue weighted by Gasteiger charge is -2.04. The summed E-state index contributed by atoms with van der Waals surface area (Å²) in [4.78, 5) is 9.25. The number of hydrogen-bond donors (Lipinski definition) is 0. The van der Waals surface area contributed by atoms with E-state index in [1.807, 2.05) is 59.6 Å². The number of rotatable bonds is 1. The van der Waals surface area contributed by atoms with E-state index in [1.165, 1.54) is 0 Å². The Balaban J connectivity index is 1.99. The maximum Gasteiger partial charge on any atom is 0.184 e. The number of fused-ring (bicyclic) bond motifs is 5. The minimum Gasteiger partial charge on any atom is -0.236 e. The maximum atomic E-state index is 4.75. The number of hydrogen-bond acceptors (Lipinski definition) is 4. The third-order valence-corrected chi connectivity index (χ3v) is 4.54. The van der Waals surface area contributed by atoms with E-state index in [2.05, 4.69) is 23.0 Å². The highest BCUT2D eigenvalue weighted by Crippen LogP contribution is 2.27. The Morgan fingerprint density at radius 2 is 1.76 bits per heavy atom. The second-order valence-corrected chi connectivity index (χ2v) is 6.34. The van der Waals surface area contributed by atoms with Gasteiger partial charge in [-0.25, -0.2) is 14.6 Å². The van der Waals surface area contributed by atoms with Gasteiger partial charge in [-0.2, -0.15) is 9.61 Å². The molecule has 0 saturated heterocycles. The van der Waals surface area contributed by atoms with Crippen molar-refractivity contribution in [2.45, 2.75) is 20.8 Å². The van der Waals surface area contributed by atoms with Crippen LogP contribution in [-0.4, -0.2) is 29.4 Å². The fourth-order valence-electron chi connectivity index (χ4n) is 3.44. The molecule has 6 heteroatoms. The molecule has 0 aliphatic carbocycles. The molecule has 0 radical (unpaired) electrons. The third-order valence-electron chi connectivity index (χ3n) is 4.54. The first-order chi connectivity index (χ1) is 12.1. The average Bonchev–Trinajstić information content (AvgIpc) is 3.13. The molecule has 0 bridgehead atoms. The van der Waals surface area contributed by atoms with E-state index in [9.17, 15) is 0 Å². The van der Waals surface area contributed by atoms with Crippen LogP contribution in [-0.2, 0) is 0 Å². The summed E-state index contributed by atoms with van der Waals surface area (Å²) in [6.45, 7) is 6.05. The second kappa shape index (κ2) is 4.86. The molecule has 0 saturated carbocycles. The van der Waals surface area contributed by atoms with E-state index in [1.54, 1.807) is 0 Å². The highest BCUT2D eigenvalue weighted by molar-refractivity contribution is 5.95. The van der Waals surface area contributed by atoms with Crippen molar-refractivity contribution in [2.75, 3.05) is 0 Å². The topological polar surface area (TPSA) is 60.9 Å². The van der Waals surface area contributed by atoms with Crippen molar-refractivity contribution >= 4 is 27.7 Å². The van der Waals surface area contributed by atoms with Crippen molar-refractivity contribution in [3.63, 3.8) is 0 Å². The first kappa shape index (κ1) is 14.1. The molecule has 0 aliphatic rings. The Morgan fingerprint density at radius 3 is 2.56 bits per heavy atom. The Hall–Kier alpha value is -3.28. The first-order valence-electron chi connectivity index (χ1n) is 8.20. The quantitative estimate of drug-likeness (QED) is 0.472. The second-order valence-electron chi connectivity index (χ2n) is 6.34. The van der Waals surface area contributed by atoms with Crippen molar-refractivity contribution in [3.05, 3.63) is 59.5 Å². The van der Waals surface area contributed by atoms with Crippen molar-refractivity contribution in [3.8, 4) is 5.69 Å². The van der Waals surface area contributed by atoms with E-state index >= 15 is 0 Å². The van der Waals surface area contributed by atoms with Gasteiger partial charge in [-0.3, -0.25) is 0 Å². The van der Waals surface area contributed by atoms with Crippen LogP contribution in [0.2, 0.25) is 0 Å². The zero-order chi connectivity index (χ0) is 17.1. The SMILES string of the molecule is Cc1cc(C)c2c(n1)nn1c2ncc2c(C)nn(-c3ccccc3)c21. The molecule has 0 aliphatic heterocycles. The van der Waals surface area contributed by atoms with Crippen LogP contribution in [0.25, 0.3) is 33.4 Å². The predicted molar refractivity (Wildman–Crippen MR) is 97.1 cm³/mol. The molecule has 0 atom stereocenters. The zero-order valence-electron chi connectivity index (χ0n) is 14.2. The highest BCUT2D eigenvalue weighted by Gasteiger charge is 2.18. The van der Waals surface area contributed by atoms with E-state index in [0.29, 0.717) is 0 Å². The van der Waals surface area contributed by atoms with Crippen LogP contribution in [0, 0.1) is 20.8 Å². The molecule has 0 spiro atoms. The molecule has 0 amide bonds. The van der Waals surface area contributed by atoms with Crippen LogP contribution < -0.4 is 0 Å². The van der Waals surface area contributed by atoms with Gasteiger partial charge in [0.15, 0.2) is 16.9 Å². The average molecular weight is 328 g/mol. The van der Waals surface area contributed by atoms with Gasteiger partial charge in [0.05, 0.1) is 22.2 Å². The Morgan fingerprint density at radius 1 is 0.960 bits per heavy atom. The number of nitrogens with zero attached hydrogens (tertiary/aromatic N) is 6. The largest absolute Gasteiger partial charge is 0.236 e. The molecule has 0 fully saturated rings. The van der Waals surface area contributed by atoms with Crippen molar-refractivity contribution < 1.29 is 0 Å². The smallest absolute Gasteiger partial charge is 0.184 e. The normalized spacial score (nSPS) is 11.8. The standard InChI is InChI=1S/C19H16N6/c1-11-9-12(2)21-17-16(11)18-20-10-15-13(3)22-24(19(15)25(18)23-17)14-7-5-4-6-8-14/h4-10H,1-3H3. The van der Waals surface area contributed by atoms with Crippen LogP contribution in [0.1, 0.15) is 17.0 Å². The molecular weight excluding hydrogens is 312 g/mol. The summed E-state index contributed by atoms with van der Waals surface area (Å²) in [6, 6.07) is 12.1. The molecule has 5 aromatic rings. The number of para-hydroxylation sites is 1. The molecule has 122 valence electrons. The third kappa shape index (κ3) is 1.91. The summed E-state index contributed by atoms with van der Waals surface area (Å²) in [6.07, 6.45) is 1.88. The summed E-state index contributed by atoms with van der Waals surface area (Å²) in [5.41, 5.74) is 6.44. The Bertz CT molecular complexity index is 1260. The molecule has 25 heavy (non-hydrogen) atoms. The van der Waals surface area contributed by atoms with Crippen molar-refractivity contribution in [1.82, 2.24) is 29.4 Å². The molecule has 0 N–H and O–H groups in total. The summed E-state index contributed by atoms with van der Waals surface area (Å²) in [5.74, 6) is 0. The molecule has 1 aromatic carbocycles. The highest BCUT2D eigenvalue weighted by atomic mass is 15.4. The monoisotopic (exact) mass is 328 g/mol.